The van der Waals surface area contributed by atoms with Crippen molar-refractivity contribution in [2.24, 2.45) is 5.92 Å². The molecule has 0 bridgehead atoms. The van der Waals surface area contributed by atoms with Gasteiger partial charge in [0.15, 0.2) is 5.13 Å². The van der Waals surface area contributed by atoms with Crippen LogP contribution in [0.3, 0.4) is 0 Å². The van der Waals surface area contributed by atoms with Crippen molar-refractivity contribution < 1.29 is 14.3 Å². The number of carbonyl (C=O) groups excluding carboxylic acids is 2. The van der Waals surface area contributed by atoms with Gasteiger partial charge in [0.25, 0.3) is 5.91 Å². The molecule has 162 valence electrons. The molecular weight excluding hydrogens is 414 g/mol. The molecule has 0 radical (unpaired) electrons. The van der Waals surface area contributed by atoms with Gasteiger partial charge in [0.1, 0.15) is 17.2 Å². The Kier molecular flexibility index (Phi) is 6.31. The molecule has 31 heavy (non-hydrogen) atoms. The Labute approximate surface area is 184 Å². The highest BCUT2D eigenvalue weighted by atomic mass is 32.1. The molecule has 0 atom stereocenters. The molecule has 0 unspecified atom stereocenters. The lowest BCUT2D eigenvalue weighted by Gasteiger charge is -2.31. The number of thiazole rings is 1. The Morgan fingerprint density at radius 2 is 1.97 bits per heavy atom. The number of piperidine rings is 1. The first-order chi connectivity index (χ1) is 15.0. The first-order valence-electron chi connectivity index (χ1n) is 10.3. The van der Waals surface area contributed by atoms with E-state index in [0.717, 1.165) is 47.8 Å². The molecule has 1 aromatic carbocycles. The van der Waals surface area contributed by atoms with Gasteiger partial charge in [0.2, 0.25) is 5.91 Å². The molecule has 0 aliphatic carbocycles. The van der Waals surface area contributed by atoms with Crippen LogP contribution in [0.25, 0.3) is 10.2 Å². The van der Waals surface area contributed by atoms with E-state index in [2.05, 4.69) is 20.6 Å². The molecule has 8 nitrogen and oxygen atoms in total. The van der Waals surface area contributed by atoms with Gasteiger partial charge in [-0.2, -0.15) is 0 Å². The molecule has 1 saturated heterocycles. The number of fused-ring (bicyclic) bond motifs is 1. The minimum absolute atomic E-state index is 0.159. The normalized spacial score (nSPS) is 14.5. The van der Waals surface area contributed by atoms with Gasteiger partial charge in [0, 0.05) is 51.9 Å². The summed E-state index contributed by atoms with van der Waals surface area (Å²) in [7, 11) is 1.57. The average molecular weight is 440 g/mol. The van der Waals surface area contributed by atoms with Gasteiger partial charge in [-0.25, -0.2) is 4.98 Å². The first-order valence-corrected chi connectivity index (χ1v) is 11.1. The number of nitrogens with zero attached hydrogens (tertiary/aromatic N) is 3. The smallest absolute Gasteiger partial charge is 0.269 e. The molecule has 0 saturated carbocycles. The predicted molar refractivity (Wildman–Crippen MR) is 121 cm³/mol. The number of carbonyl (C=O) groups is 2. The van der Waals surface area contributed by atoms with Gasteiger partial charge < -0.3 is 20.3 Å². The van der Waals surface area contributed by atoms with E-state index in [1.54, 1.807) is 43.6 Å². The summed E-state index contributed by atoms with van der Waals surface area (Å²) in [5.41, 5.74) is 1.21. The van der Waals surface area contributed by atoms with E-state index in [-0.39, 0.29) is 11.8 Å². The maximum atomic E-state index is 11.8. The van der Waals surface area contributed by atoms with Crippen LogP contribution in [0.5, 0.6) is 11.5 Å². The van der Waals surface area contributed by atoms with E-state index in [1.807, 2.05) is 23.1 Å². The van der Waals surface area contributed by atoms with Crippen LogP contribution >= 0.6 is 11.3 Å². The van der Waals surface area contributed by atoms with Crippen molar-refractivity contribution in [3.05, 3.63) is 42.2 Å². The van der Waals surface area contributed by atoms with Gasteiger partial charge in [-0.3, -0.25) is 14.6 Å². The van der Waals surface area contributed by atoms with Crippen LogP contribution in [0.4, 0.5) is 5.13 Å². The highest BCUT2D eigenvalue weighted by molar-refractivity contribution is 7.22. The molecule has 0 spiro atoms. The van der Waals surface area contributed by atoms with Crippen LogP contribution in [-0.2, 0) is 4.79 Å². The number of hydrogen-bond donors (Lipinski definition) is 2. The maximum absolute atomic E-state index is 11.8. The van der Waals surface area contributed by atoms with Crippen molar-refractivity contribution in [2.45, 2.75) is 19.8 Å². The summed E-state index contributed by atoms with van der Waals surface area (Å²) >= 11 is 1.58. The summed E-state index contributed by atoms with van der Waals surface area (Å²) < 4.78 is 6.94. The zero-order valence-corrected chi connectivity index (χ0v) is 18.4. The lowest BCUT2D eigenvalue weighted by Crippen LogP contribution is -2.38. The van der Waals surface area contributed by atoms with Crippen LogP contribution in [-0.4, -0.2) is 53.4 Å². The highest BCUT2D eigenvalue weighted by Gasteiger charge is 2.20. The minimum atomic E-state index is -0.258. The molecule has 1 aliphatic rings. The maximum Gasteiger partial charge on any atom is 0.269 e. The number of hydrogen-bond acceptors (Lipinski definition) is 7. The van der Waals surface area contributed by atoms with Gasteiger partial charge in [-0.15, -0.1) is 0 Å². The van der Waals surface area contributed by atoms with Crippen LogP contribution < -0.4 is 15.4 Å². The van der Waals surface area contributed by atoms with E-state index >= 15 is 0 Å². The Bertz CT molecular complexity index is 1090. The summed E-state index contributed by atoms with van der Waals surface area (Å²) in [4.78, 5) is 33.8. The average Bonchev–Trinajstić information content (AvgIpc) is 3.20. The van der Waals surface area contributed by atoms with Crippen LogP contribution in [0, 0.1) is 5.92 Å². The van der Waals surface area contributed by atoms with Crippen molar-refractivity contribution in [3.8, 4) is 11.5 Å². The number of amides is 2. The van der Waals surface area contributed by atoms with Crippen LogP contribution in [0.15, 0.2) is 36.5 Å². The molecule has 1 aliphatic heterocycles. The fourth-order valence-corrected chi connectivity index (χ4v) is 4.49. The van der Waals surface area contributed by atoms with Crippen molar-refractivity contribution in [2.75, 3.05) is 32.0 Å². The van der Waals surface area contributed by atoms with Gasteiger partial charge >= 0.3 is 0 Å². The summed E-state index contributed by atoms with van der Waals surface area (Å²) in [6.07, 6.45) is 3.58. The fraction of sp³-hybridized carbons (Fsp3) is 0.364. The number of anilines is 1. The molecular formula is C22H25N5O3S. The Hall–Kier alpha value is -3.20. The number of pyridine rings is 1. The summed E-state index contributed by atoms with van der Waals surface area (Å²) in [6.45, 7) is 4.15. The van der Waals surface area contributed by atoms with Gasteiger partial charge in [0.05, 0.1) is 10.2 Å². The second-order valence-corrected chi connectivity index (χ2v) is 8.57. The van der Waals surface area contributed by atoms with E-state index in [1.165, 1.54) is 0 Å². The third-order valence-corrected chi connectivity index (χ3v) is 6.36. The molecule has 2 amide bonds. The SMILES string of the molecule is CNC(=O)c1cc(Oc2ccc3nc(NCC4CCN(C(C)=O)CC4)sc3c2)ccn1. The zero-order valence-electron chi connectivity index (χ0n) is 17.6. The Balaban J connectivity index is 1.38. The number of likely N-dealkylation sites (tertiary alicyclic amines) is 1. The lowest BCUT2D eigenvalue weighted by atomic mass is 9.97. The molecule has 9 heteroatoms. The molecule has 3 aromatic rings. The molecule has 1 fully saturated rings. The molecule has 3 heterocycles. The topological polar surface area (TPSA) is 96.5 Å². The Morgan fingerprint density at radius 1 is 1.19 bits per heavy atom. The van der Waals surface area contributed by atoms with Crippen molar-refractivity contribution >= 4 is 38.5 Å². The summed E-state index contributed by atoms with van der Waals surface area (Å²) in [5.74, 6) is 1.67. The van der Waals surface area contributed by atoms with E-state index in [9.17, 15) is 9.59 Å². The van der Waals surface area contributed by atoms with Crippen molar-refractivity contribution in [3.63, 3.8) is 0 Å². The number of nitrogens with one attached hydrogen (secondary N) is 2. The number of aromatic nitrogens is 2. The summed E-state index contributed by atoms with van der Waals surface area (Å²) in [6, 6.07) is 9.07. The lowest BCUT2D eigenvalue weighted by molar-refractivity contribution is -0.130. The largest absolute Gasteiger partial charge is 0.457 e. The fourth-order valence-electron chi connectivity index (χ4n) is 3.59. The highest BCUT2D eigenvalue weighted by Crippen LogP contribution is 2.31. The molecule has 2 aromatic heterocycles. The zero-order chi connectivity index (χ0) is 21.8. The number of benzene rings is 1. The Morgan fingerprint density at radius 3 is 2.71 bits per heavy atom. The number of rotatable bonds is 6. The molecule has 2 N–H and O–H groups in total. The molecule has 4 rings (SSSR count). The second-order valence-electron chi connectivity index (χ2n) is 7.54. The first kappa shape index (κ1) is 21.0. The second kappa shape index (κ2) is 9.30. The van der Waals surface area contributed by atoms with Crippen LogP contribution in [0.1, 0.15) is 30.3 Å². The third-order valence-electron chi connectivity index (χ3n) is 5.39. The van der Waals surface area contributed by atoms with Crippen molar-refractivity contribution in [1.29, 1.82) is 0 Å². The van der Waals surface area contributed by atoms with Gasteiger partial charge in [-0.1, -0.05) is 11.3 Å². The van der Waals surface area contributed by atoms with E-state index in [0.29, 0.717) is 23.1 Å². The van der Waals surface area contributed by atoms with Crippen LogP contribution in [0.2, 0.25) is 0 Å². The van der Waals surface area contributed by atoms with Crippen molar-refractivity contribution in [1.82, 2.24) is 20.2 Å². The van der Waals surface area contributed by atoms with E-state index < -0.39 is 0 Å². The standard InChI is InChI=1S/C22H25N5O3S/c1-14(28)27-9-6-15(7-10-27)13-25-22-26-18-4-3-16(12-20(18)31-22)30-17-5-8-24-19(11-17)21(29)23-2/h3-5,8,11-12,15H,6-7,9-10,13H2,1-2H3,(H,23,29)(H,25,26). The monoisotopic (exact) mass is 439 g/mol. The predicted octanol–water partition coefficient (Wildman–Crippen LogP) is 3.51. The minimum Gasteiger partial charge on any atom is -0.457 e. The quantitative estimate of drug-likeness (QED) is 0.610. The number of ether oxygens (including phenoxy) is 1. The third kappa shape index (κ3) is 5.11. The van der Waals surface area contributed by atoms with E-state index in [4.69, 9.17) is 4.74 Å². The summed E-state index contributed by atoms with van der Waals surface area (Å²) in [5, 5.41) is 6.89. The van der Waals surface area contributed by atoms with Gasteiger partial charge in [-0.05, 0) is 37.0 Å².